The zero-order valence-corrected chi connectivity index (χ0v) is 20.3. The lowest BCUT2D eigenvalue weighted by Gasteiger charge is -2.56. The van der Waals surface area contributed by atoms with Crippen LogP contribution in [0.1, 0.15) is 81.1 Å². The van der Waals surface area contributed by atoms with E-state index in [0.29, 0.717) is 34.7 Å². The van der Waals surface area contributed by atoms with Crippen LogP contribution in [0.25, 0.3) is 5.57 Å². The number of fused-ring (bicyclic) bond motifs is 5. The number of aromatic carboxylic acids is 1. The fourth-order valence-electron chi connectivity index (χ4n) is 8.14. The number of allylic oxidation sites excluding steroid dienone is 6. The highest BCUT2D eigenvalue weighted by Gasteiger charge is 2.57. The Morgan fingerprint density at radius 3 is 2.62 bits per heavy atom. The van der Waals surface area contributed by atoms with Crippen LogP contribution in [0, 0.1) is 34.5 Å². The average molecular weight is 461 g/mol. The lowest BCUT2D eigenvalue weighted by atomic mass is 9.48. The summed E-state index contributed by atoms with van der Waals surface area (Å²) in [6.07, 6.45) is 17.3. The van der Waals surface area contributed by atoms with E-state index in [-0.39, 0.29) is 11.8 Å². The smallest absolute Gasteiger partial charge is 0.336 e. The molecule has 0 saturated heterocycles. The minimum Gasteiger partial charge on any atom is -0.481 e. The van der Waals surface area contributed by atoms with Crippen molar-refractivity contribution in [2.45, 2.75) is 65.2 Å². The van der Waals surface area contributed by atoms with Gasteiger partial charge in [-0.15, -0.1) is 0 Å². The van der Waals surface area contributed by atoms with Crippen molar-refractivity contribution >= 4 is 17.5 Å². The van der Waals surface area contributed by atoms with Crippen molar-refractivity contribution < 1.29 is 19.8 Å². The topological polar surface area (TPSA) is 74.6 Å². The SMILES string of the molecule is C[C@]12CC[C@H]3[C@@H](CC=C4C=C(c5ccccc5C(=O)O)C=C[C@@]43C)[C@@H]1CC[C@@H]2CCCC(=O)O. The summed E-state index contributed by atoms with van der Waals surface area (Å²) in [5, 5.41) is 18.7. The molecule has 4 aliphatic carbocycles. The van der Waals surface area contributed by atoms with Crippen LogP contribution in [0.15, 0.2) is 54.1 Å². The molecule has 5 rings (SSSR count). The molecule has 0 bridgehead atoms. The van der Waals surface area contributed by atoms with Gasteiger partial charge in [0.1, 0.15) is 0 Å². The maximum Gasteiger partial charge on any atom is 0.336 e. The first kappa shape index (κ1) is 23.1. The average Bonchev–Trinajstić information content (AvgIpc) is 3.14. The number of carboxylic acid groups (broad SMARTS) is 2. The molecule has 0 aliphatic heterocycles. The number of hydrogen-bond donors (Lipinski definition) is 2. The van der Waals surface area contributed by atoms with Crippen LogP contribution in [0.5, 0.6) is 0 Å². The van der Waals surface area contributed by atoms with Crippen LogP contribution >= 0.6 is 0 Å². The van der Waals surface area contributed by atoms with Gasteiger partial charge in [-0.05, 0) is 96.8 Å². The van der Waals surface area contributed by atoms with Crippen molar-refractivity contribution in [2.75, 3.05) is 0 Å². The standard InChI is InChI=1S/C30H36O4/c1-29-17-15-26-24(25(29)13-11-20(29)6-5-9-27(31)32)12-10-21-18-19(14-16-30(21,26)2)22-7-3-4-8-23(22)28(33)34/h3-4,7-8,10,14,16,18,20,24-26H,5-6,9,11-13,15,17H2,1-2H3,(H,31,32)(H,33,34)/t20-,24-,25-,26-,29+,30-/m0/s1. The van der Waals surface area contributed by atoms with E-state index in [1.54, 1.807) is 12.1 Å². The van der Waals surface area contributed by atoms with Gasteiger partial charge in [0.05, 0.1) is 5.56 Å². The summed E-state index contributed by atoms with van der Waals surface area (Å²) >= 11 is 0. The summed E-state index contributed by atoms with van der Waals surface area (Å²) in [5.41, 5.74) is 3.79. The molecule has 2 N–H and O–H groups in total. The van der Waals surface area contributed by atoms with Gasteiger partial charge in [-0.25, -0.2) is 4.79 Å². The van der Waals surface area contributed by atoms with E-state index in [9.17, 15) is 14.7 Å². The summed E-state index contributed by atoms with van der Waals surface area (Å²) in [4.78, 5) is 22.8. The van der Waals surface area contributed by atoms with E-state index in [2.05, 4.69) is 38.2 Å². The molecule has 4 heteroatoms. The van der Waals surface area contributed by atoms with Gasteiger partial charge in [0.15, 0.2) is 0 Å². The third-order valence-electron chi connectivity index (χ3n) is 9.97. The first-order valence-electron chi connectivity index (χ1n) is 12.9. The van der Waals surface area contributed by atoms with E-state index in [0.717, 1.165) is 30.4 Å². The van der Waals surface area contributed by atoms with E-state index >= 15 is 0 Å². The lowest BCUT2D eigenvalue weighted by molar-refractivity contribution is -0.137. The van der Waals surface area contributed by atoms with E-state index in [1.165, 1.54) is 31.3 Å². The number of hydrogen-bond acceptors (Lipinski definition) is 2. The van der Waals surface area contributed by atoms with Gasteiger partial charge in [0, 0.05) is 11.8 Å². The molecule has 0 radical (unpaired) electrons. The zero-order chi connectivity index (χ0) is 24.1. The monoisotopic (exact) mass is 460 g/mol. The second-order valence-electron chi connectivity index (χ2n) is 11.4. The maximum atomic E-state index is 11.8. The van der Waals surface area contributed by atoms with Gasteiger partial charge < -0.3 is 10.2 Å². The molecule has 6 atom stereocenters. The number of aliphatic carboxylic acids is 1. The zero-order valence-electron chi connectivity index (χ0n) is 20.3. The van der Waals surface area contributed by atoms with Crippen molar-refractivity contribution in [1.82, 2.24) is 0 Å². The molecule has 180 valence electrons. The van der Waals surface area contributed by atoms with Crippen LogP contribution in [0.3, 0.4) is 0 Å². The third kappa shape index (κ3) is 3.66. The van der Waals surface area contributed by atoms with Crippen LogP contribution < -0.4 is 0 Å². The Morgan fingerprint density at radius 1 is 1.06 bits per heavy atom. The number of benzene rings is 1. The Kier molecular flexibility index (Phi) is 5.82. The van der Waals surface area contributed by atoms with E-state index in [4.69, 9.17) is 5.11 Å². The van der Waals surface area contributed by atoms with Crippen molar-refractivity contribution in [1.29, 1.82) is 0 Å². The normalized spacial score (nSPS) is 36.1. The van der Waals surface area contributed by atoms with E-state index in [1.807, 2.05) is 12.1 Å². The minimum absolute atomic E-state index is 0.00664. The highest BCUT2D eigenvalue weighted by molar-refractivity contribution is 5.96. The van der Waals surface area contributed by atoms with Crippen LogP contribution in [0.4, 0.5) is 0 Å². The predicted octanol–water partition coefficient (Wildman–Crippen LogP) is 6.99. The Balaban J connectivity index is 1.40. The predicted molar refractivity (Wildman–Crippen MR) is 133 cm³/mol. The summed E-state index contributed by atoms with van der Waals surface area (Å²) in [6, 6.07) is 7.28. The van der Waals surface area contributed by atoms with Crippen LogP contribution in [-0.4, -0.2) is 22.2 Å². The molecular formula is C30H36O4. The molecule has 0 heterocycles. The summed E-state index contributed by atoms with van der Waals surface area (Å²) in [5.74, 6) is 1.07. The van der Waals surface area contributed by atoms with Gasteiger partial charge in [0.25, 0.3) is 0 Å². The number of carbonyl (C=O) groups is 2. The second kappa shape index (κ2) is 8.55. The Labute approximate surface area is 202 Å². The molecule has 0 spiro atoms. The van der Waals surface area contributed by atoms with Gasteiger partial charge in [0.2, 0.25) is 0 Å². The molecule has 1 aromatic rings. The quantitative estimate of drug-likeness (QED) is 0.480. The van der Waals surface area contributed by atoms with Gasteiger partial charge >= 0.3 is 11.9 Å². The van der Waals surface area contributed by atoms with E-state index < -0.39 is 11.9 Å². The summed E-state index contributed by atoms with van der Waals surface area (Å²) in [7, 11) is 0. The highest BCUT2D eigenvalue weighted by Crippen LogP contribution is 2.66. The van der Waals surface area contributed by atoms with Crippen molar-refractivity contribution in [3.8, 4) is 0 Å². The molecule has 4 aliphatic rings. The molecule has 4 nitrogen and oxygen atoms in total. The fraction of sp³-hybridized carbons (Fsp3) is 0.533. The number of rotatable bonds is 6. The fourth-order valence-corrected chi connectivity index (χ4v) is 8.14. The largest absolute Gasteiger partial charge is 0.481 e. The highest BCUT2D eigenvalue weighted by atomic mass is 16.4. The van der Waals surface area contributed by atoms with Crippen LogP contribution in [0.2, 0.25) is 0 Å². The van der Waals surface area contributed by atoms with Crippen molar-refractivity contribution in [2.24, 2.45) is 34.5 Å². The van der Waals surface area contributed by atoms with Crippen molar-refractivity contribution in [3.05, 3.63) is 65.3 Å². The molecule has 0 amide bonds. The lowest BCUT2D eigenvalue weighted by Crippen LogP contribution is -2.48. The summed E-state index contributed by atoms with van der Waals surface area (Å²) < 4.78 is 0. The molecule has 34 heavy (non-hydrogen) atoms. The van der Waals surface area contributed by atoms with Gasteiger partial charge in [-0.3, -0.25) is 4.79 Å². The minimum atomic E-state index is -0.887. The summed E-state index contributed by atoms with van der Waals surface area (Å²) in [6.45, 7) is 4.87. The molecule has 0 aromatic heterocycles. The molecule has 2 fully saturated rings. The van der Waals surface area contributed by atoms with Gasteiger partial charge in [-0.2, -0.15) is 0 Å². The molecular weight excluding hydrogens is 424 g/mol. The molecule has 2 saturated carbocycles. The number of carboxylic acids is 2. The molecule has 1 aromatic carbocycles. The van der Waals surface area contributed by atoms with Crippen molar-refractivity contribution in [3.63, 3.8) is 0 Å². The Hall–Kier alpha value is -2.62. The Morgan fingerprint density at radius 2 is 1.85 bits per heavy atom. The van der Waals surface area contributed by atoms with Gasteiger partial charge in [-0.1, -0.05) is 56.4 Å². The van der Waals surface area contributed by atoms with Crippen LogP contribution in [-0.2, 0) is 4.79 Å². The maximum absolute atomic E-state index is 11.8. The first-order chi connectivity index (χ1) is 16.2. The second-order valence-corrected chi connectivity index (χ2v) is 11.4. The first-order valence-corrected chi connectivity index (χ1v) is 12.9. The Bertz CT molecular complexity index is 1090. The third-order valence-corrected chi connectivity index (χ3v) is 9.97. The molecule has 0 unspecified atom stereocenters.